The van der Waals surface area contributed by atoms with Crippen molar-refractivity contribution in [1.29, 1.82) is 0 Å². The zero-order valence-corrected chi connectivity index (χ0v) is 11.4. The van der Waals surface area contributed by atoms with Crippen LogP contribution in [0.3, 0.4) is 0 Å². The van der Waals surface area contributed by atoms with E-state index in [9.17, 15) is 4.79 Å². The van der Waals surface area contributed by atoms with E-state index in [0.717, 1.165) is 31.6 Å². The second-order valence-corrected chi connectivity index (χ2v) is 5.09. The molecule has 0 spiro atoms. The summed E-state index contributed by atoms with van der Waals surface area (Å²) in [6.45, 7) is 2.60. The van der Waals surface area contributed by atoms with E-state index in [1.807, 2.05) is 11.1 Å². The highest BCUT2D eigenvalue weighted by atomic mass is 16.2. The standard InChI is InChI=1S/C13H23N5O/c14-7-6-12-10-18(16-15-12)11-13(19)17-8-4-2-1-3-5-9-17/h10H,1-9,11,14H2. The molecule has 1 amide bonds. The van der Waals surface area contributed by atoms with Gasteiger partial charge in [0.05, 0.1) is 5.69 Å². The Bertz CT molecular complexity index is 395. The molecule has 2 rings (SSSR count). The number of aromatic nitrogens is 3. The van der Waals surface area contributed by atoms with Crippen molar-refractivity contribution in [3.8, 4) is 0 Å². The van der Waals surface area contributed by atoms with Crippen molar-refractivity contribution in [1.82, 2.24) is 19.9 Å². The average Bonchev–Trinajstić information content (AvgIpc) is 2.76. The average molecular weight is 265 g/mol. The number of rotatable bonds is 4. The van der Waals surface area contributed by atoms with Crippen molar-refractivity contribution >= 4 is 5.91 Å². The maximum Gasteiger partial charge on any atom is 0.244 e. The first kappa shape index (κ1) is 14.0. The van der Waals surface area contributed by atoms with Crippen molar-refractivity contribution in [3.05, 3.63) is 11.9 Å². The van der Waals surface area contributed by atoms with Gasteiger partial charge in [0.1, 0.15) is 6.54 Å². The number of nitrogens with two attached hydrogens (primary N) is 1. The number of nitrogens with zero attached hydrogens (tertiary/aromatic N) is 4. The molecule has 1 saturated heterocycles. The van der Waals surface area contributed by atoms with E-state index in [1.165, 1.54) is 19.3 Å². The van der Waals surface area contributed by atoms with Crippen molar-refractivity contribution in [2.45, 2.75) is 45.1 Å². The molecule has 1 aliphatic heterocycles. The number of carbonyl (C=O) groups excluding carboxylic acids is 1. The van der Waals surface area contributed by atoms with E-state index in [0.29, 0.717) is 13.0 Å². The molecule has 0 aliphatic carbocycles. The molecule has 0 bridgehead atoms. The zero-order valence-electron chi connectivity index (χ0n) is 11.4. The molecule has 2 heterocycles. The lowest BCUT2D eigenvalue weighted by atomic mass is 10.1. The van der Waals surface area contributed by atoms with Crippen LogP contribution < -0.4 is 5.73 Å². The number of hydrogen-bond donors (Lipinski definition) is 1. The van der Waals surface area contributed by atoms with Gasteiger partial charge in [0.2, 0.25) is 5.91 Å². The molecule has 6 nitrogen and oxygen atoms in total. The molecule has 1 aliphatic rings. The Morgan fingerprint density at radius 2 is 1.89 bits per heavy atom. The summed E-state index contributed by atoms with van der Waals surface area (Å²) in [5.74, 6) is 0.145. The first-order valence-electron chi connectivity index (χ1n) is 7.16. The van der Waals surface area contributed by atoms with E-state index in [1.54, 1.807) is 4.68 Å². The van der Waals surface area contributed by atoms with Crippen LogP contribution in [0.4, 0.5) is 0 Å². The third kappa shape index (κ3) is 4.31. The van der Waals surface area contributed by atoms with Gasteiger partial charge in [-0.25, -0.2) is 4.68 Å². The molecule has 0 radical (unpaired) electrons. The fourth-order valence-corrected chi connectivity index (χ4v) is 2.41. The Labute approximate surface area is 113 Å². The number of hydrogen-bond acceptors (Lipinski definition) is 4. The highest BCUT2D eigenvalue weighted by Gasteiger charge is 2.15. The maximum atomic E-state index is 12.2. The van der Waals surface area contributed by atoms with E-state index in [2.05, 4.69) is 10.3 Å². The van der Waals surface area contributed by atoms with Gasteiger partial charge in [-0.15, -0.1) is 5.10 Å². The minimum Gasteiger partial charge on any atom is -0.341 e. The molecule has 0 aromatic carbocycles. The van der Waals surface area contributed by atoms with Gasteiger partial charge in [0.15, 0.2) is 0 Å². The lowest BCUT2D eigenvalue weighted by Crippen LogP contribution is -2.36. The van der Waals surface area contributed by atoms with E-state index in [4.69, 9.17) is 5.73 Å². The lowest BCUT2D eigenvalue weighted by molar-refractivity contribution is -0.132. The third-order valence-corrected chi connectivity index (χ3v) is 3.49. The summed E-state index contributed by atoms with van der Waals surface area (Å²) in [4.78, 5) is 14.2. The summed E-state index contributed by atoms with van der Waals surface area (Å²) in [7, 11) is 0. The first-order valence-corrected chi connectivity index (χ1v) is 7.16. The van der Waals surface area contributed by atoms with Crippen molar-refractivity contribution in [2.75, 3.05) is 19.6 Å². The quantitative estimate of drug-likeness (QED) is 0.863. The lowest BCUT2D eigenvalue weighted by Gasteiger charge is -2.24. The van der Waals surface area contributed by atoms with Crippen LogP contribution in [-0.2, 0) is 17.8 Å². The Hall–Kier alpha value is -1.43. The molecule has 1 aromatic heterocycles. The number of likely N-dealkylation sites (tertiary alicyclic amines) is 1. The van der Waals surface area contributed by atoms with Crippen LogP contribution >= 0.6 is 0 Å². The summed E-state index contributed by atoms with van der Waals surface area (Å²) >= 11 is 0. The molecule has 1 aromatic rings. The van der Waals surface area contributed by atoms with Crippen LogP contribution in [0, 0.1) is 0 Å². The van der Waals surface area contributed by atoms with Gasteiger partial charge in [0, 0.05) is 25.7 Å². The molecule has 0 unspecified atom stereocenters. The molecule has 106 valence electrons. The molecular formula is C13H23N5O. The normalized spacial score (nSPS) is 17.0. The summed E-state index contributed by atoms with van der Waals surface area (Å²) in [6, 6.07) is 0. The maximum absolute atomic E-state index is 12.2. The third-order valence-electron chi connectivity index (χ3n) is 3.49. The monoisotopic (exact) mass is 265 g/mol. The smallest absolute Gasteiger partial charge is 0.244 e. The summed E-state index contributed by atoms with van der Waals surface area (Å²) < 4.78 is 1.62. The Kier molecular flexibility index (Phi) is 5.32. The van der Waals surface area contributed by atoms with Crippen LogP contribution in [-0.4, -0.2) is 45.4 Å². The highest BCUT2D eigenvalue weighted by Crippen LogP contribution is 2.11. The van der Waals surface area contributed by atoms with Gasteiger partial charge in [-0.1, -0.05) is 24.5 Å². The van der Waals surface area contributed by atoms with E-state index in [-0.39, 0.29) is 12.5 Å². The minimum atomic E-state index is 0.145. The van der Waals surface area contributed by atoms with Crippen molar-refractivity contribution < 1.29 is 4.79 Å². The Balaban J connectivity index is 1.87. The van der Waals surface area contributed by atoms with Gasteiger partial charge >= 0.3 is 0 Å². The Morgan fingerprint density at radius 3 is 2.58 bits per heavy atom. The van der Waals surface area contributed by atoms with Gasteiger partial charge in [-0.3, -0.25) is 4.79 Å². The van der Waals surface area contributed by atoms with Crippen LogP contribution in [0.25, 0.3) is 0 Å². The van der Waals surface area contributed by atoms with Crippen LogP contribution in [0.1, 0.15) is 37.8 Å². The number of amides is 1. The SMILES string of the molecule is NCCc1cn(CC(=O)N2CCCCCCC2)nn1. The largest absolute Gasteiger partial charge is 0.341 e. The highest BCUT2D eigenvalue weighted by molar-refractivity contribution is 5.75. The molecule has 0 saturated carbocycles. The minimum absolute atomic E-state index is 0.145. The predicted molar refractivity (Wildman–Crippen MR) is 72.4 cm³/mol. The van der Waals surface area contributed by atoms with Crippen molar-refractivity contribution in [2.24, 2.45) is 5.73 Å². The predicted octanol–water partition coefficient (Wildman–Crippen LogP) is 0.572. The topological polar surface area (TPSA) is 77.0 Å². The first-order chi connectivity index (χ1) is 9.29. The van der Waals surface area contributed by atoms with E-state index < -0.39 is 0 Å². The molecular weight excluding hydrogens is 242 g/mol. The molecule has 2 N–H and O–H groups in total. The second kappa shape index (κ2) is 7.23. The fraction of sp³-hybridized carbons (Fsp3) is 0.769. The van der Waals surface area contributed by atoms with Gasteiger partial charge in [-0.05, 0) is 19.4 Å². The Morgan fingerprint density at radius 1 is 1.21 bits per heavy atom. The zero-order chi connectivity index (χ0) is 13.5. The molecule has 19 heavy (non-hydrogen) atoms. The summed E-state index contributed by atoms with van der Waals surface area (Å²) in [5, 5.41) is 7.98. The summed E-state index contributed by atoms with van der Waals surface area (Å²) in [5.41, 5.74) is 6.32. The molecule has 6 heteroatoms. The van der Waals surface area contributed by atoms with Crippen LogP contribution in [0.5, 0.6) is 0 Å². The number of carbonyl (C=O) groups is 1. The fourth-order valence-electron chi connectivity index (χ4n) is 2.41. The van der Waals surface area contributed by atoms with Crippen LogP contribution in [0.15, 0.2) is 6.20 Å². The van der Waals surface area contributed by atoms with E-state index >= 15 is 0 Å². The van der Waals surface area contributed by atoms with Crippen LogP contribution in [0.2, 0.25) is 0 Å². The van der Waals surface area contributed by atoms with Gasteiger partial charge in [-0.2, -0.15) is 0 Å². The van der Waals surface area contributed by atoms with Crippen molar-refractivity contribution in [3.63, 3.8) is 0 Å². The van der Waals surface area contributed by atoms with Gasteiger partial charge in [0.25, 0.3) is 0 Å². The van der Waals surface area contributed by atoms with Gasteiger partial charge < -0.3 is 10.6 Å². The molecule has 0 atom stereocenters. The molecule has 1 fully saturated rings. The second-order valence-electron chi connectivity index (χ2n) is 5.09. The summed E-state index contributed by atoms with van der Waals surface area (Å²) in [6.07, 6.45) is 8.50.